The van der Waals surface area contributed by atoms with Crippen LogP contribution in [0.5, 0.6) is 0 Å². The largest absolute Gasteiger partial charge is 0.391 e. The Labute approximate surface area is 110 Å². The molecule has 92 valence electrons. The second kappa shape index (κ2) is 5.76. The van der Waals surface area contributed by atoms with Gasteiger partial charge in [0.15, 0.2) is 5.17 Å². The number of rotatable bonds is 1. The summed E-state index contributed by atoms with van der Waals surface area (Å²) in [6, 6.07) is 7.45. The molecule has 1 aliphatic heterocycles. The van der Waals surface area contributed by atoms with E-state index < -0.39 is 0 Å². The van der Waals surface area contributed by atoms with Gasteiger partial charge in [-0.15, -0.1) is 0 Å². The number of hydrogen-bond acceptors (Lipinski definition) is 3. The van der Waals surface area contributed by atoms with Gasteiger partial charge in [0.2, 0.25) is 0 Å². The molecule has 1 fully saturated rings. The van der Waals surface area contributed by atoms with E-state index in [4.69, 9.17) is 11.6 Å². The van der Waals surface area contributed by atoms with Crippen LogP contribution >= 0.6 is 23.4 Å². The molecule has 2 rings (SSSR count). The van der Waals surface area contributed by atoms with E-state index in [0.717, 1.165) is 23.8 Å². The molecular weight excluding hydrogens is 256 g/mol. The number of likely N-dealkylation sites (tertiary alicyclic amines) is 1. The van der Waals surface area contributed by atoms with Crippen LogP contribution in [0.3, 0.4) is 0 Å². The summed E-state index contributed by atoms with van der Waals surface area (Å²) < 4.78 is 0. The average Bonchev–Trinajstić information content (AvgIpc) is 2.75. The number of benzene rings is 1. The van der Waals surface area contributed by atoms with Crippen LogP contribution in [-0.2, 0) is 0 Å². The number of thioether (sulfide) groups is 1. The predicted molar refractivity (Wildman–Crippen MR) is 74.3 cm³/mol. The molecule has 1 aromatic rings. The van der Waals surface area contributed by atoms with Crippen molar-refractivity contribution in [1.82, 2.24) is 4.90 Å². The Morgan fingerprint density at radius 2 is 2.18 bits per heavy atom. The summed E-state index contributed by atoms with van der Waals surface area (Å²) in [6.07, 6.45) is 2.59. The van der Waals surface area contributed by atoms with E-state index >= 15 is 0 Å². The average molecular weight is 271 g/mol. The van der Waals surface area contributed by atoms with Crippen molar-refractivity contribution in [2.45, 2.75) is 12.5 Å². The van der Waals surface area contributed by atoms with Crippen molar-refractivity contribution in [3.63, 3.8) is 0 Å². The maximum Gasteiger partial charge on any atom is 0.164 e. The summed E-state index contributed by atoms with van der Waals surface area (Å²) in [6.45, 7) is 1.54. The molecule has 0 saturated carbocycles. The van der Waals surface area contributed by atoms with Crippen LogP contribution in [0.2, 0.25) is 5.02 Å². The van der Waals surface area contributed by atoms with Gasteiger partial charge in [0, 0.05) is 18.1 Å². The Bertz CT molecular complexity index is 407. The molecule has 1 heterocycles. The minimum absolute atomic E-state index is 0.224. The van der Waals surface area contributed by atoms with Gasteiger partial charge in [0.25, 0.3) is 0 Å². The third kappa shape index (κ3) is 3.37. The molecule has 0 amide bonds. The Kier molecular flexibility index (Phi) is 4.31. The molecule has 0 aliphatic carbocycles. The van der Waals surface area contributed by atoms with Gasteiger partial charge in [-0.2, -0.15) is 0 Å². The first-order chi connectivity index (χ1) is 8.19. The molecule has 1 N–H and O–H groups in total. The number of aliphatic imine (C=N–C) groups is 1. The van der Waals surface area contributed by atoms with Crippen molar-refractivity contribution in [1.29, 1.82) is 0 Å². The van der Waals surface area contributed by atoms with Crippen LogP contribution in [0.4, 0.5) is 5.69 Å². The highest BCUT2D eigenvalue weighted by Gasteiger charge is 2.22. The van der Waals surface area contributed by atoms with Gasteiger partial charge in [0.1, 0.15) is 0 Å². The lowest BCUT2D eigenvalue weighted by Crippen LogP contribution is -2.26. The summed E-state index contributed by atoms with van der Waals surface area (Å²) in [5.41, 5.74) is 0.889. The van der Waals surface area contributed by atoms with E-state index in [1.807, 2.05) is 30.5 Å². The summed E-state index contributed by atoms with van der Waals surface area (Å²) in [7, 11) is 0. The zero-order valence-corrected chi connectivity index (χ0v) is 11.2. The molecule has 0 aromatic heterocycles. The smallest absolute Gasteiger partial charge is 0.164 e. The van der Waals surface area contributed by atoms with Crippen molar-refractivity contribution < 1.29 is 5.11 Å². The van der Waals surface area contributed by atoms with Gasteiger partial charge in [-0.1, -0.05) is 23.4 Å². The van der Waals surface area contributed by atoms with Gasteiger partial charge in [0.05, 0.1) is 11.8 Å². The van der Waals surface area contributed by atoms with Crippen LogP contribution < -0.4 is 0 Å². The standard InChI is InChI=1S/C12H15ClN2OS/c1-17-12(15-7-6-11(16)8-15)14-10-4-2-9(13)3-5-10/h2-5,11,16H,6-8H2,1H3/b14-12+/t11-/m1/s1. The van der Waals surface area contributed by atoms with E-state index in [0.29, 0.717) is 11.6 Å². The fraction of sp³-hybridized carbons (Fsp3) is 0.417. The summed E-state index contributed by atoms with van der Waals surface area (Å²) >= 11 is 7.43. The number of aliphatic hydroxyl groups excluding tert-OH is 1. The van der Waals surface area contributed by atoms with Crippen molar-refractivity contribution in [2.24, 2.45) is 4.99 Å². The van der Waals surface area contributed by atoms with E-state index in [1.54, 1.807) is 11.8 Å². The molecule has 0 spiro atoms. The van der Waals surface area contributed by atoms with Gasteiger partial charge in [-0.25, -0.2) is 4.99 Å². The summed E-state index contributed by atoms with van der Waals surface area (Å²) in [5.74, 6) is 0. The van der Waals surface area contributed by atoms with Crippen molar-refractivity contribution in [3.8, 4) is 0 Å². The molecular formula is C12H15ClN2OS. The first-order valence-electron chi connectivity index (χ1n) is 5.50. The lowest BCUT2D eigenvalue weighted by Gasteiger charge is -2.18. The Morgan fingerprint density at radius 3 is 2.71 bits per heavy atom. The number of amidine groups is 1. The quantitative estimate of drug-likeness (QED) is 0.630. The lowest BCUT2D eigenvalue weighted by atomic mass is 10.3. The van der Waals surface area contributed by atoms with Gasteiger partial charge in [-0.05, 0) is 36.9 Å². The van der Waals surface area contributed by atoms with Crippen molar-refractivity contribution in [3.05, 3.63) is 29.3 Å². The lowest BCUT2D eigenvalue weighted by molar-refractivity contribution is 0.188. The third-order valence-electron chi connectivity index (χ3n) is 2.67. The molecule has 1 aromatic carbocycles. The first kappa shape index (κ1) is 12.7. The van der Waals surface area contributed by atoms with Gasteiger partial charge >= 0.3 is 0 Å². The summed E-state index contributed by atoms with van der Waals surface area (Å²) in [5, 5.41) is 11.2. The third-order valence-corrected chi connectivity index (χ3v) is 3.63. The maximum atomic E-state index is 9.52. The van der Waals surface area contributed by atoms with Crippen molar-refractivity contribution in [2.75, 3.05) is 19.3 Å². The maximum absolute atomic E-state index is 9.52. The van der Waals surface area contributed by atoms with E-state index in [9.17, 15) is 5.11 Å². The number of aliphatic hydroxyl groups is 1. The number of β-amino-alcohol motifs (C(OH)–C–C–N with tert-alkyl or cyclic N) is 1. The Balaban J connectivity index is 2.14. The van der Waals surface area contributed by atoms with Crippen LogP contribution in [0.15, 0.2) is 29.3 Å². The molecule has 0 radical (unpaired) electrons. The normalized spacial score (nSPS) is 21.0. The highest BCUT2D eigenvalue weighted by Crippen LogP contribution is 2.21. The molecule has 0 unspecified atom stereocenters. The zero-order valence-electron chi connectivity index (χ0n) is 9.64. The zero-order chi connectivity index (χ0) is 12.3. The molecule has 1 saturated heterocycles. The molecule has 3 nitrogen and oxygen atoms in total. The SMILES string of the molecule is CS/C(=N/c1ccc(Cl)cc1)N1CC[C@@H](O)C1. The van der Waals surface area contributed by atoms with E-state index in [-0.39, 0.29) is 6.10 Å². The highest BCUT2D eigenvalue weighted by molar-refractivity contribution is 8.13. The van der Waals surface area contributed by atoms with Crippen molar-refractivity contribution >= 4 is 34.2 Å². The summed E-state index contributed by atoms with van der Waals surface area (Å²) in [4.78, 5) is 6.69. The van der Waals surface area contributed by atoms with Crippen LogP contribution in [0.1, 0.15) is 6.42 Å². The molecule has 1 atom stereocenters. The fourth-order valence-corrected chi connectivity index (χ4v) is 2.53. The second-order valence-corrected chi connectivity index (χ2v) is 5.17. The fourth-order valence-electron chi connectivity index (χ4n) is 1.79. The van der Waals surface area contributed by atoms with Crippen LogP contribution in [0.25, 0.3) is 0 Å². The molecule has 1 aliphatic rings. The Morgan fingerprint density at radius 1 is 1.47 bits per heavy atom. The molecule has 5 heteroatoms. The number of hydrogen-bond donors (Lipinski definition) is 1. The number of nitrogens with zero attached hydrogens (tertiary/aromatic N) is 2. The van der Waals surface area contributed by atoms with Crippen LogP contribution in [-0.4, -0.2) is 40.6 Å². The minimum atomic E-state index is -0.224. The first-order valence-corrected chi connectivity index (χ1v) is 7.10. The minimum Gasteiger partial charge on any atom is -0.391 e. The van der Waals surface area contributed by atoms with Gasteiger partial charge < -0.3 is 10.0 Å². The number of halogens is 1. The molecule has 0 bridgehead atoms. The Hall–Kier alpha value is -0.710. The van der Waals surface area contributed by atoms with Gasteiger partial charge in [-0.3, -0.25) is 0 Å². The highest BCUT2D eigenvalue weighted by atomic mass is 35.5. The second-order valence-electron chi connectivity index (χ2n) is 3.96. The topological polar surface area (TPSA) is 35.8 Å². The van der Waals surface area contributed by atoms with E-state index in [2.05, 4.69) is 9.89 Å². The monoisotopic (exact) mass is 270 g/mol. The van der Waals surface area contributed by atoms with Crippen LogP contribution in [0, 0.1) is 0 Å². The predicted octanol–water partition coefficient (Wildman–Crippen LogP) is 2.76. The molecule has 17 heavy (non-hydrogen) atoms. The van der Waals surface area contributed by atoms with E-state index in [1.165, 1.54) is 0 Å².